The second-order valence-corrected chi connectivity index (χ2v) is 10.8. The van der Waals surface area contributed by atoms with Crippen molar-refractivity contribution >= 4 is 40.5 Å². The lowest BCUT2D eigenvalue weighted by Gasteiger charge is -2.49. The van der Waals surface area contributed by atoms with Gasteiger partial charge < -0.3 is 9.71 Å². The highest BCUT2D eigenvalue weighted by Crippen LogP contribution is 2.53. The number of hydrogen-bond acceptors (Lipinski definition) is 2. The van der Waals surface area contributed by atoms with Crippen molar-refractivity contribution in [2.75, 3.05) is 16.8 Å². The van der Waals surface area contributed by atoms with E-state index in [1.165, 1.54) is 89.3 Å². The van der Waals surface area contributed by atoms with Crippen LogP contribution in [0.15, 0.2) is 48.5 Å². The van der Waals surface area contributed by atoms with Gasteiger partial charge in [-0.05, 0) is 115 Å². The molecule has 0 saturated carbocycles. The van der Waals surface area contributed by atoms with Gasteiger partial charge in [0.15, 0.2) is 0 Å². The molecular weight excluding hydrogens is 423 g/mol. The van der Waals surface area contributed by atoms with Gasteiger partial charge in [-0.1, -0.05) is 36.4 Å². The first-order valence-corrected chi connectivity index (χ1v) is 12.8. The van der Waals surface area contributed by atoms with Crippen LogP contribution in [0.2, 0.25) is 0 Å². The van der Waals surface area contributed by atoms with Crippen LogP contribution in [0.25, 0.3) is 11.1 Å². The molecule has 0 bridgehead atoms. The molecule has 3 aliphatic rings. The molecular formula is C32H31BN2. The number of para-hydroxylation sites is 2. The van der Waals surface area contributed by atoms with Gasteiger partial charge in [-0.3, -0.25) is 0 Å². The fourth-order valence-corrected chi connectivity index (χ4v) is 7.22. The molecule has 4 aromatic carbocycles. The molecule has 7 rings (SSSR count). The highest BCUT2D eigenvalue weighted by Gasteiger charge is 2.48. The van der Waals surface area contributed by atoms with Crippen LogP contribution in [0.3, 0.4) is 0 Å². The standard InChI is InChI=1S/C32H31BN2/c1-17-19(3)24-16-23-12-8-10-14-26(23)35-32(24)29(21(17)5)28-20(4)18(2)22(6)31-30(28)33(35)25-13-9-11-15-27(25)34(31)7/h8-15H,16H2,1-7H3. The summed E-state index contributed by atoms with van der Waals surface area (Å²) in [7, 11) is 2.25. The Kier molecular flexibility index (Phi) is 4.07. The quantitative estimate of drug-likeness (QED) is 0.282. The van der Waals surface area contributed by atoms with Crippen LogP contribution < -0.4 is 20.6 Å². The van der Waals surface area contributed by atoms with E-state index in [2.05, 4.69) is 107 Å². The Hall–Kier alpha value is -3.46. The molecule has 3 aliphatic heterocycles. The number of anilines is 4. The van der Waals surface area contributed by atoms with Crippen molar-refractivity contribution in [2.24, 2.45) is 0 Å². The van der Waals surface area contributed by atoms with E-state index in [-0.39, 0.29) is 6.85 Å². The lowest BCUT2D eigenvalue weighted by molar-refractivity contribution is 1.06. The van der Waals surface area contributed by atoms with Gasteiger partial charge >= 0.3 is 6.85 Å². The van der Waals surface area contributed by atoms with Gasteiger partial charge in [0.05, 0.1) is 0 Å². The van der Waals surface area contributed by atoms with Gasteiger partial charge in [-0.25, -0.2) is 0 Å². The molecule has 172 valence electrons. The molecule has 0 atom stereocenters. The molecule has 3 heterocycles. The number of fused-ring (bicyclic) bond motifs is 6. The monoisotopic (exact) mass is 454 g/mol. The van der Waals surface area contributed by atoms with E-state index >= 15 is 0 Å². The normalized spacial score (nSPS) is 14.4. The summed E-state index contributed by atoms with van der Waals surface area (Å²) in [4.78, 5) is 5.15. The molecule has 0 aliphatic carbocycles. The second-order valence-electron chi connectivity index (χ2n) is 10.8. The third-order valence-electron chi connectivity index (χ3n) is 9.42. The molecule has 0 spiro atoms. The Labute approximate surface area is 209 Å². The minimum absolute atomic E-state index is 0.166. The van der Waals surface area contributed by atoms with Crippen LogP contribution in [0.4, 0.5) is 22.7 Å². The molecule has 4 aromatic rings. The number of nitrogens with zero attached hydrogens (tertiary/aromatic N) is 2. The maximum absolute atomic E-state index is 2.70. The van der Waals surface area contributed by atoms with E-state index in [1.54, 1.807) is 0 Å². The van der Waals surface area contributed by atoms with Crippen molar-refractivity contribution in [3.8, 4) is 11.1 Å². The average Bonchev–Trinajstić information content (AvgIpc) is 2.88. The molecule has 35 heavy (non-hydrogen) atoms. The first kappa shape index (κ1) is 20.9. The third kappa shape index (κ3) is 2.37. The fourth-order valence-electron chi connectivity index (χ4n) is 7.22. The number of hydrogen-bond donors (Lipinski definition) is 0. The van der Waals surface area contributed by atoms with E-state index in [1.807, 2.05) is 0 Å². The Balaban J connectivity index is 1.75. The zero-order valence-corrected chi connectivity index (χ0v) is 21.8. The zero-order valence-electron chi connectivity index (χ0n) is 21.8. The molecule has 3 heteroatoms. The van der Waals surface area contributed by atoms with Gasteiger partial charge in [-0.2, -0.15) is 0 Å². The first-order valence-electron chi connectivity index (χ1n) is 12.8. The van der Waals surface area contributed by atoms with Gasteiger partial charge in [0.2, 0.25) is 0 Å². The second kappa shape index (κ2) is 6.82. The lowest BCUT2D eigenvalue weighted by Crippen LogP contribution is -2.63. The van der Waals surface area contributed by atoms with Crippen LogP contribution >= 0.6 is 0 Å². The molecule has 0 amide bonds. The molecule has 0 saturated heterocycles. The summed E-state index contributed by atoms with van der Waals surface area (Å²) in [6.45, 7) is 14.2. The maximum atomic E-state index is 2.70. The first-order chi connectivity index (χ1) is 16.8. The van der Waals surface area contributed by atoms with E-state index in [4.69, 9.17) is 0 Å². The van der Waals surface area contributed by atoms with E-state index < -0.39 is 0 Å². The van der Waals surface area contributed by atoms with Crippen molar-refractivity contribution in [1.82, 2.24) is 0 Å². The third-order valence-corrected chi connectivity index (χ3v) is 9.42. The molecule has 0 radical (unpaired) electrons. The largest absolute Gasteiger partial charge is 0.376 e. The molecule has 0 N–H and O–H groups in total. The summed E-state index contributed by atoms with van der Waals surface area (Å²) in [5.74, 6) is 0. The smallest absolute Gasteiger partial charge is 0.333 e. The lowest BCUT2D eigenvalue weighted by atomic mass is 9.42. The molecule has 0 aromatic heterocycles. The number of benzene rings is 4. The van der Waals surface area contributed by atoms with E-state index in [0.717, 1.165) is 6.42 Å². The van der Waals surface area contributed by atoms with Crippen molar-refractivity contribution in [3.63, 3.8) is 0 Å². The number of rotatable bonds is 0. The van der Waals surface area contributed by atoms with Crippen LogP contribution in [-0.2, 0) is 6.42 Å². The Morgan fingerprint density at radius 2 is 1.26 bits per heavy atom. The van der Waals surface area contributed by atoms with Gasteiger partial charge in [0.1, 0.15) is 0 Å². The predicted octanol–water partition coefficient (Wildman–Crippen LogP) is 6.45. The van der Waals surface area contributed by atoms with Crippen molar-refractivity contribution in [3.05, 3.63) is 93.0 Å². The summed E-state index contributed by atoms with van der Waals surface area (Å²) in [6, 6.07) is 18.1. The SMILES string of the molecule is Cc1c(C)c2c3c(c1C)-c1c(C)c(C)c(C)c4c1B(c1ccccc1N4C)N3c1ccccc1C2. The summed E-state index contributed by atoms with van der Waals surface area (Å²) in [6.07, 6.45) is 1.00. The summed E-state index contributed by atoms with van der Waals surface area (Å²) >= 11 is 0. The minimum Gasteiger partial charge on any atom is -0.376 e. The van der Waals surface area contributed by atoms with Crippen LogP contribution in [-0.4, -0.2) is 13.9 Å². The fraction of sp³-hybridized carbons (Fsp3) is 0.250. The maximum Gasteiger partial charge on any atom is 0.333 e. The van der Waals surface area contributed by atoms with E-state index in [0.29, 0.717) is 0 Å². The van der Waals surface area contributed by atoms with E-state index in [9.17, 15) is 0 Å². The Bertz CT molecular complexity index is 1610. The van der Waals surface area contributed by atoms with Crippen LogP contribution in [0.5, 0.6) is 0 Å². The Morgan fingerprint density at radius 3 is 2.03 bits per heavy atom. The molecule has 0 fully saturated rings. The summed E-state index contributed by atoms with van der Waals surface area (Å²) in [5, 5.41) is 0. The van der Waals surface area contributed by atoms with Crippen LogP contribution in [0.1, 0.15) is 44.5 Å². The van der Waals surface area contributed by atoms with Crippen molar-refractivity contribution in [1.29, 1.82) is 0 Å². The summed E-state index contributed by atoms with van der Waals surface area (Å²) < 4.78 is 0. The molecule has 2 nitrogen and oxygen atoms in total. The van der Waals surface area contributed by atoms with Crippen molar-refractivity contribution in [2.45, 2.75) is 48.0 Å². The van der Waals surface area contributed by atoms with Gasteiger partial charge in [0.25, 0.3) is 0 Å². The van der Waals surface area contributed by atoms with Gasteiger partial charge in [-0.15, -0.1) is 0 Å². The van der Waals surface area contributed by atoms with Crippen molar-refractivity contribution < 1.29 is 0 Å². The molecule has 0 unspecified atom stereocenters. The highest BCUT2D eigenvalue weighted by atomic mass is 15.2. The highest BCUT2D eigenvalue weighted by molar-refractivity contribution is 6.93. The van der Waals surface area contributed by atoms with Gasteiger partial charge in [0, 0.05) is 41.8 Å². The predicted molar refractivity (Wildman–Crippen MR) is 151 cm³/mol. The van der Waals surface area contributed by atoms with Crippen LogP contribution in [0, 0.1) is 41.5 Å². The Morgan fingerprint density at radius 1 is 0.629 bits per heavy atom. The average molecular weight is 454 g/mol. The summed E-state index contributed by atoms with van der Waals surface area (Å²) in [5.41, 5.74) is 22.8. The topological polar surface area (TPSA) is 6.48 Å². The minimum atomic E-state index is 0.166. The zero-order chi connectivity index (χ0) is 24.3.